The molecule has 0 unspecified atom stereocenters. The largest absolute Gasteiger partial charge is 0.488 e. The van der Waals surface area contributed by atoms with Crippen molar-refractivity contribution >= 4 is 18.1 Å². The van der Waals surface area contributed by atoms with E-state index in [2.05, 4.69) is 10.5 Å². The molecule has 2 N–H and O–H groups in total. The summed E-state index contributed by atoms with van der Waals surface area (Å²) >= 11 is 0. The number of rotatable bonds is 6. The molecule has 0 spiro atoms. The van der Waals surface area contributed by atoms with Crippen LogP contribution in [0.1, 0.15) is 28.4 Å². The van der Waals surface area contributed by atoms with Crippen LogP contribution in [0.4, 0.5) is 0 Å². The van der Waals surface area contributed by atoms with Crippen LogP contribution < -0.4 is 10.2 Å². The number of nitrogens with one attached hydrogen (secondary N) is 1. The number of hydrogen-bond acceptors (Lipinski definition) is 4. The Morgan fingerprint density at radius 2 is 1.87 bits per heavy atom. The number of benzene rings is 2. The third-order valence-electron chi connectivity index (χ3n) is 2.94. The van der Waals surface area contributed by atoms with Crippen molar-refractivity contribution in [2.24, 2.45) is 5.10 Å². The standard InChI is InChI=1S/C17H16N2O4/c1-12(20)19-18-10-15-4-2-3-5-16(15)23-11-13-6-8-14(9-7-13)17(21)22/h2-10H,11H2,1H3,(H,19,20)(H,21,22)/b18-10+. The number of para-hydroxylation sites is 1. The van der Waals surface area contributed by atoms with Crippen LogP contribution in [0.3, 0.4) is 0 Å². The van der Waals surface area contributed by atoms with E-state index >= 15 is 0 Å². The zero-order valence-electron chi connectivity index (χ0n) is 12.5. The maximum Gasteiger partial charge on any atom is 0.335 e. The highest BCUT2D eigenvalue weighted by molar-refractivity contribution is 5.87. The van der Waals surface area contributed by atoms with E-state index < -0.39 is 5.97 Å². The SMILES string of the molecule is CC(=O)N/N=C/c1ccccc1OCc1ccc(C(=O)O)cc1. The van der Waals surface area contributed by atoms with E-state index in [9.17, 15) is 9.59 Å². The van der Waals surface area contributed by atoms with Crippen LogP contribution >= 0.6 is 0 Å². The lowest BCUT2D eigenvalue weighted by molar-refractivity contribution is -0.118. The number of nitrogens with zero attached hydrogens (tertiary/aromatic N) is 1. The Hall–Kier alpha value is -3.15. The molecule has 2 aromatic carbocycles. The molecule has 0 saturated heterocycles. The van der Waals surface area contributed by atoms with Crippen LogP contribution in [0.25, 0.3) is 0 Å². The predicted octanol–water partition coefficient (Wildman–Crippen LogP) is 2.43. The average molecular weight is 312 g/mol. The van der Waals surface area contributed by atoms with Crippen LogP contribution in [0.2, 0.25) is 0 Å². The van der Waals surface area contributed by atoms with Gasteiger partial charge in [0.2, 0.25) is 5.91 Å². The Morgan fingerprint density at radius 3 is 2.52 bits per heavy atom. The fourth-order valence-corrected chi connectivity index (χ4v) is 1.82. The number of carbonyl (C=O) groups is 2. The van der Waals surface area contributed by atoms with Crippen LogP contribution in [-0.4, -0.2) is 23.2 Å². The Labute approximate surface area is 133 Å². The van der Waals surface area contributed by atoms with Gasteiger partial charge in [0.1, 0.15) is 12.4 Å². The van der Waals surface area contributed by atoms with Gasteiger partial charge in [-0.3, -0.25) is 4.79 Å². The third kappa shape index (κ3) is 4.96. The van der Waals surface area contributed by atoms with Gasteiger partial charge in [-0.25, -0.2) is 10.2 Å². The first-order valence-corrected chi connectivity index (χ1v) is 6.90. The Balaban J connectivity index is 2.04. The molecule has 0 aliphatic heterocycles. The molecule has 6 nitrogen and oxygen atoms in total. The van der Waals surface area contributed by atoms with Gasteiger partial charge < -0.3 is 9.84 Å². The summed E-state index contributed by atoms with van der Waals surface area (Å²) in [5, 5.41) is 12.7. The molecular weight excluding hydrogens is 296 g/mol. The first-order valence-electron chi connectivity index (χ1n) is 6.90. The van der Waals surface area contributed by atoms with Gasteiger partial charge in [0.25, 0.3) is 0 Å². The van der Waals surface area contributed by atoms with E-state index in [1.807, 2.05) is 18.2 Å². The van der Waals surface area contributed by atoms with Crippen molar-refractivity contribution in [2.75, 3.05) is 0 Å². The highest BCUT2D eigenvalue weighted by atomic mass is 16.5. The van der Waals surface area contributed by atoms with Crippen LogP contribution in [-0.2, 0) is 11.4 Å². The molecule has 0 radical (unpaired) electrons. The number of hydrogen-bond donors (Lipinski definition) is 2. The average Bonchev–Trinajstić information content (AvgIpc) is 2.54. The van der Waals surface area contributed by atoms with Gasteiger partial charge in [0.15, 0.2) is 0 Å². The van der Waals surface area contributed by atoms with Gasteiger partial charge in [0.05, 0.1) is 11.8 Å². The van der Waals surface area contributed by atoms with Gasteiger partial charge in [-0.1, -0.05) is 24.3 Å². The quantitative estimate of drug-likeness (QED) is 0.633. The zero-order chi connectivity index (χ0) is 16.7. The summed E-state index contributed by atoms with van der Waals surface area (Å²) in [4.78, 5) is 21.6. The van der Waals surface area contributed by atoms with Crippen LogP contribution in [0, 0.1) is 0 Å². The van der Waals surface area contributed by atoms with Crippen molar-refractivity contribution in [1.82, 2.24) is 5.43 Å². The first-order chi connectivity index (χ1) is 11.1. The molecule has 2 aromatic rings. The zero-order valence-corrected chi connectivity index (χ0v) is 12.5. The lowest BCUT2D eigenvalue weighted by atomic mass is 10.1. The molecule has 0 bridgehead atoms. The van der Waals surface area contributed by atoms with E-state index in [0.717, 1.165) is 11.1 Å². The highest BCUT2D eigenvalue weighted by Gasteiger charge is 2.04. The minimum Gasteiger partial charge on any atom is -0.488 e. The molecule has 1 amide bonds. The molecule has 0 aliphatic rings. The molecule has 0 atom stereocenters. The number of hydrazone groups is 1. The molecular formula is C17H16N2O4. The molecule has 0 aliphatic carbocycles. The molecule has 0 aromatic heterocycles. The van der Waals surface area contributed by atoms with Crippen molar-refractivity contribution in [3.63, 3.8) is 0 Å². The minimum absolute atomic E-state index is 0.233. The summed E-state index contributed by atoms with van der Waals surface area (Å²) < 4.78 is 5.73. The van der Waals surface area contributed by atoms with Gasteiger partial charge >= 0.3 is 5.97 Å². The maximum absolute atomic E-state index is 10.8. The highest BCUT2D eigenvalue weighted by Crippen LogP contribution is 2.17. The smallest absolute Gasteiger partial charge is 0.335 e. The van der Waals surface area contributed by atoms with Crippen molar-refractivity contribution in [3.05, 3.63) is 65.2 Å². The fraction of sp³-hybridized carbons (Fsp3) is 0.118. The van der Waals surface area contributed by atoms with Crippen LogP contribution in [0.15, 0.2) is 53.6 Å². The monoisotopic (exact) mass is 312 g/mol. The normalized spacial score (nSPS) is 10.5. The van der Waals surface area contributed by atoms with E-state index in [-0.39, 0.29) is 11.5 Å². The first kappa shape index (κ1) is 16.2. The Kier molecular flexibility index (Phi) is 5.46. The second kappa shape index (κ2) is 7.74. The Morgan fingerprint density at radius 1 is 1.17 bits per heavy atom. The number of ether oxygens (including phenoxy) is 1. The van der Waals surface area contributed by atoms with Crippen molar-refractivity contribution < 1.29 is 19.4 Å². The van der Waals surface area contributed by atoms with Gasteiger partial charge in [-0.05, 0) is 29.8 Å². The minimum atomic E-state index is -0.961. The lowest BCUT2D eigenvalue weighted by Gasteiger charge is -2.09. The lowest BCUT2D eigenvalue weighted by Crippen LogP contribution is -2.12. The molecule has 0 fully saturated rings. The third-order valence-corrected chi connectivity index (χ3v) is 2.94. The molecule has 0 saturated carbocycles. The summed E-state index contributed by atoms with van der Waals surface area (Å²) in [6, 6.07) is 13.8. The van der Waals surface area contributed by atoms with Crippen molar-refractivity contribution in [2.45, 2.75) is 13.5 Å². The van der Waals surface area contributed by atoms with E-state index in [0.29, 0.717) is 12.4 Å². The van der Waals surface area contributed by atoms with Crippen LogP contribution in [0.5, 0.6) is 5.75 Å². The van der Waals surface area contributed by atoms with Gasteiger partial charge in [0, 0.05) is 12.5 Å². The van der Waals surface area contributed by atoms with E-state index in [4.69, 9.17) is 9.84 Å². The number of carbonyl (C=O) groups excluding carboxylic acids is 1. The second-order valence-corrected chi connectivity index (χ2v) is 4.75. The van der Waals surface area contributed by atoms with E-state index in [1.165, 1.54) is 25.3 Å². The summed E-state index contributed by atoms with van der Waals surface area (Å²) in [5.74, 6) is -0.598. The van der Waals surface area contributed by atoms with Crippen molar-refractivity contribution in [1.29, 1.82) is 0 Å². The van der Waals surface area contributed by atoms with Crippen molar-refractivity contribution in [3.8, 4) is 5.75 Å². The second-order valence-electron chi connectivity index (χ2n) is 4.75. The van der Waals surface area contributed by atoms with Gasteiger partial charge in [-0.15, -0.1) is 0 Å². The fourth-order valence-electron chi connectivity index (χ4n) is 1.82. The summed E-state index contributed by atoms with van der Waals surface area (Å²) in [5.41, 5.74) is 4.14. The topological polar surface area (TPSA) is 88.0 Å². The number of carboxylic acids is 1. The molecule has 2 rings (SSSR count). The van der Waals surface area contributed by atoms with E-state index in [1.54, 1.807) is 18.2 Å². The number of amides is 1. The predicted molar refractivity (Wildman–Crippen MR) is 85.6 cm³/mol. The maximum atomic E-state index is 10.8. The summed E-state index contributed by atoms with van der Waals surface area (Å²) in [6.07, 6.45) is 1.50. The number of aromatic carboxylic acids is 1. The van der Waals surface area contributed by atoms with Gasteiger partial charge in [-0.2, -0.15) is 5.10 Å². The molecule has 23 heavy (non-hydrogen) atoms. The number of carboxylic acid groups (broad SMARTS) is 1. The summed E-state index contributed by atoms with van der Waals surface area (Å²) in [7, 11) is 0. The Bertz CT molecular complexity index is 724. The molecule has 6 heteroatoms. The molecule has 118 valence electrons. The summed E-state index contributed by atoms with van der Waals surface area (Å²) in [6.45, 7) is 1.67. The molecule has 0 heterocycles.